The van der Waals surface area contributed by atoms with Gasteiger partial charge in [0.15, 0.2) is 0 Å². The van der Waals surface area contributed by atoms with Crippen molar-refractivity contribution in [2.24, 2.45) is 0 Å². The van der Waals surface area contributed by atoms with Crippen molar-refractivity contribution >= 4 is 29.3 Å². The molecule has 144 valence electrons. The van der Waals surface area contributed by atoms with Crippen molar-refractivity contribution in [1.29, 1.82) is 0 Å². The highest BCUT2D eigenvalue weighted by molar-refractivity contribution is 7.98. The highest BCUT2D eigenvalue weighted by Gasteiger charge is 2.14. The van der Waals surface area contributed by atoms with E-state index in [1.807, 2.05) is 73.7 Å². The molecule has 0 aliphatic heterocycles. The molecule has 0 aromatic heterocycles. The lowest BCUT2D eigenvalue weighted by molar-refractivity contribution is 0.0939. The monoisotopic (exact) mass is 411 g/mol. The van der Waals surface area contributed by atoms with Gasteiger partial charge in [-0.15, -0.1) is 11.8 Å². The molecule has 0 spiro atoms. The van der Waals surface area contributed by atoms with E-state index in [9.17, 15) is 4.79 Å². The van der Waals surface area contributed by atoms with Crippen LogP contribution in [0.4, 0.5) is 0 Å². The minimum atomic E-state index is -0.100. The lowest BCUT2D eigenvalue weighted by atomic mass is 10.1. The van der Waals surface area contributed by atoms with Crippen LogP contribution in [0.5, 0.6) is 5.75 Å². The minimum Gasteiger partial charge on any atom is -0.496 e. The lowest BCUT2D eigenvalue weighted by Gasteiger charge is -2.15. The summed E-state index contributed by atoms with van der Waals surface area (Å²) in [5.41, 5.74) is 2.67. The van der Waals surface area contributed by atoms with E-state index in [1.165, 1.54) is 0 Å². The molecule has 1 amide bonds. The van der Waals surface area contributed by atoms with Gasteiger partial charge in [0.05, 0.1) is 13.2 Å². The maximum atomic E-state index is 12.7. The lowest BCUT2D eigenvalue weighted by Crippen LogP contribution is -2.26. The van der Waals surface area contributed by atoms with Gasteiger partial charge >= 0.3 is 0 Å². The molecule has 3 aromatic carbocycles. The van der Waals surface area contributed by atoms with Crippen LogP contribution in [0.15, 0.2) is 77.7 Å². The smallest absolute Gasteiger partial charge is 0.251 e. The number of halogens is 1. The Kier molecular flexibility index (Phi) is 7.01. The average Bonchev–Trinajstić information content (AvgIpc) is 2.73. The third kappa shape index (κ3) is 5.31. The molecule has 0 saturated carbocycles. The van der Waals surface area contributed by atoms with Crippen molar-refractivity contribution in [1.82, 2.24) is 5.32 Å². The van der Waals surface area contributed by atoms with Gasteiger partial charge in [-0.05, 0) is 55.0 Å². The SMILES string of the molecule is COc1ccc(C(=O)N[C@@H](C)c2ccccc2)cc1CSc1ccc(Cl)cc1. The fourth-order valence-electron chi connectivity index (χ4n) is 2.83. The highest BCUT2D eigenvalue weighted by atomic mass is 35.5. The highest BCUT2D eigenvalue weighted by Crippen LogP contribution is 2.29. The molecule has 0 bridgehead atoms. The zero-order valence-electron chi connectivity index (χ0n) is 15.8. The maximum absolute atomic E-state index is 12.7. The van der Waals surface area contributed by atoms with Crippen LogP contribution in [0.3, 0.4) is 0 Å². The number of carbonyl (C=O) groups excluding carboxylic acids is 1. The molecule has 0 aliphatic rings. The normalized spacial score (nSPS) is 11.7. The summed E-state index contributed by atoms with van der Waals surface area (Å²) < 4.78 is 5.47. The predicted octanol–water partition coefficient (Wildman–Crippen LogP) is 6.13. The van der Waals surface area contributed by atoms with Crippen LogP contribution in [0.2, 0.25) is 5.02 Å². The van der Waals surface area contributed by atoms with Crippen LogP contribution in [-0.2, 0) is 5.75 Å². The molecular weight excluding hydrogens is 390 g/mol. The molecule has 28 heavy (non-hydrogen) atoms. The van der Waals surface area contributed by atoms with E-state index in [1.54, 1.807) is 24.9 Å². The van der Waals surface area contributed by atoms with Gasteiger partial charge in [0.25, 0.3) is 5.91 Å². The second-order valence-electron chi connectivity index (χ2n) is 6.38. The maximum Gasteiger partial charge on any atom is 0.251 e. The Morgan fingerprint density at radius 1 is 1.07 bits per heavy atom. The van der Waals surface area contributed by atoms with Gasteiger partial charge in [0.2, 0.25) is 0 Å². The Bertz CT molecular complexity index is 929. The summed E-state index contributed by atoms with van der Waals surface area (Å²) in [7, 11) is 1.64. The summed E-state index contributed by atoms with van der Waals surface area (Å²) in [5.74, 6) is 1.37. The Morgan fingerprint density at radius 2 is 1.79 bits per heavy atom. The molecule has 3 nitrogen and oxygen atoms in total. The quantitative estimate of drug-likeness (QED) is 0.475. The number of thioether (sulfide) groups is 1. The average molecular weight is 412 g/mol. The first kappa shape index (κ1) is 20.3. The van der Waals surface area contributed by atoms with Crippen molar-refractivity contribution in [2.75, 3.05) is 7.11 Å². The standard InChI is InChI=1S/C23H22ClNO2S/c1-16(17-6-4-3-5-7-17)25-23(26)18-8-13-22(27-2)19(14-18)15-28-21-11-9-20(24)10-12-21/h3-14,16H,15H2,1-2H3,(H,25,26)/t16-/m0/s1. The summed E-state index contributed by atoms with van der Waals surface area (Å²) in [6, 6.07) is 23.1. The predicted molar refractivity (Wildman–Crippen MR) is 116 cm³/mol. The van der Waals surface area contributed by atoms with E-state index in [2.05, 4.69) is 5.32 Å². The molecule has 0 aliphatic carbocycles. The molecule has 3 aromatic rings. The van der Waals surface area contributed by atoms with Crippen molar-refractivity contribution in [3.63, 3.8) is 0 Å². The van der Waals surface area contributed by atoms with Crippen LogP contribution in [0.25, 0.3) is 0 Å². The first-order valence-corrected chi connectivity index (χ1v) is 10.3. The third-order valence-electron chi connectivity index (χ3n) is 4.40. The van der Waals surface area contributed by atoms with Crippen LogP contribution < -0.4 is 10.1 Å². The van der Waals surface area contributed by atoms with E-state index < -0.39 is 0 Å². The summed E-state index contributed by atoms with van der Waals surface area (Å²) in [6.45, 7) is 1.98. The Morgan fingerprint density at radius 3 is 2.46 bits per heavy atom. The molecule has 5 heteroatoms. The van der Waals surface area contributed by atoms with Crippen LogP contribution in [0, 0.1) is 0 Å². The minimum absolute atomic E-state index is 0.0670. The first-order valence-electron chi connectivity index (χ1n) is 8.98. The summed E-state index contributed by atoms with van der Waals surface area (Å²) >= 11 is 7.62. The zero-order valence-corrected chi connectivity index (χ0v) is 17.4. The molecule has 0 heterocycles. The first-order chi connectivity index (χ1) is 13.6. The molecule has 3 rings (SSSR count). The van der Waals surface area contributed by atoms with Gasteiger partial charge in [-0.25, -0.2) is 0 Å². The van der Waals surface area contributed by atoms with Crippen molar-refractivity contribution in [3.8, 4) is 5.75 Å². The Balaban J connectivity index is 1.72. The summed E-state index contributed by atoms with van der Waals surface area (Å²) in [5, 5.41) is 3.77. The van der Waals surface area contributed by atoms with E-state index >= 15 is 0 Å². The fraction of sp³-hybridized carbons (Fsp3) is 0.174. The van der Waals surface area contributed by atoms with E-state index in [0.717, 1.165) is 21.8 Å². The summed E-state index contributed by atoms with van der Waals surface area (Å²) in [6.07, 6.45) is 0. The van der Waals surface area contributed by atoms with E-state index in [-0.39, 0.29) is 11.9 Å². The number of ether oxygens (including phenoxy) is 1. The van der Waals surface area contributed by atoms with Gasteiger partial charge in [0, 0.05) is 26.8 Å². The number of nitrogens with one attached hydrogen (secondary N) is 1. The number of methoxy groups -OCH3 is 1. The van der Waals surface area contributed by atoms with Gasteiger partial charge in [-0.3, -0.25) is 4.79 Å². The van der Waals surface area contributed by atoms with E-state index in [0.29, 0.717) is 16.3 Å². The Hall–Kier alpha value is -2.43. The number of hydrogen-bond donors (Lipinski definition) is 1. The molecule has 0 unspecified atom stereocenters. The summed E-state index contributed by atoms with van der Waals surface area (Å²) in [4.78, 5) is 13.8. The molecule has 0 saturated heterocycles. The number of benzene rings is 3. The van der Waals surface area contributed by atoms with Gasteiger partial charge in [-0.2, -0.15) is 0 Å². The van der Waals surface area contributed by atoms with Crippen molar-refractivity contribution in [3.05, 3.63) is 94.5 Å². The number of rotatable bonds is 7. The van der Waals surface area contributed by atoms with E-state index in [4.69, 9.17) is 16.3 Å². The van der Waals surface area contributed by atoms with Crippen molar-refractivity contribution in [2.45, 2.75) is 23.6 Å². The number of carbonyl (C=O) groups is 1. The van der Waals surface area contributed by atoms with Crippen LogP contribution >= 0.6 is 23.4 Å². The molecule has 1 N–H and O–H groups in total. The fourth-order valence-corrected chi connectivity index (χ4v) is 3.83. The van der Waals surface area contributed by atoms with Gasteiger partial charge in [-0.1, -0.05) is 41.9 Å². The largest absolute Gasteiger partial charge is 0.496 e. The molecule has 0 fully saturated rings. The second-order valence-corrected chi connectivity index (χ2v) is 7.86. The topological polar surface area (TPSA) is 38.3 Å². The number of amides is 1. The zero-order chi connectivity index (χ0) is 19.9. The van der Waals surface area contributed by atoms with Crippen LogP contribution in [0.1, 0.15) is 34.5 Å². The Labute approximate surface area is 175 Å². The molecule has 0 radical (unpaired) electrons. The molecular formula is C23H22ClNO2S. The molecule has 1 atom stereocenters. The van der Waals surface area contributed by atoms with Crippen molar-refractivity contribution < 1.29 is 9.53 Å². The van der Waals surface area contributed by atoms with Gasteiger partial charge < -0.3 is 10.1 Å². The van der Waals surface area contributed by atoms with Gasteiger partial charge in [0.1, 0.15) is 5.75 Å². The number of hydrogen-bond acceptors (Lipinski definition) is 3. The second kappa shape index (κ2) is 9.67. The third-order valence-corrected chi connectivity index (χ3v) is 5.71. The van der Waals surface area contributed by atoms with Crippen LogP contribution in [-0.4, -0.2) is 13.0 Å².